The molecule has 0 fully saturated rings. The van der Waals surface area contributed by atoms with Gasteiger partial charge in [0.05, 0.1) is 12.0 Å². The number of ether oxygens (including phenoxy) is 1. The van der Waals surface area contributed by atoms with E-state index in [4.69, 9.17) is 17.0 Å². The molecule has 31 heavy (non-hydrogen) atoms. The highest BCUT2D eigenvalue weighted by Crippen LogP contribution is 2.20. The molecule has 0 saturated carbocycles. The summed E-state index contributed by atoms with van der Waals surface area (Å²) in [6, 6.07) is 17.3. The molecule has 3 aromatic carbocycles. The molecule has 1 amide bonds. The van der Waals surface area contributed by atoms with E-state index in [1.165, 1.54) is 55.6 Å². The van der Waals surface area contributed by atoms with Crippen LogP contribution in [0.2, 0.25) is 0 Å². The zero-order chi connectivity index (χ0) is 22.4. The summed E-state index contributed by atoms with van der Waals surface area (Å²) in [6.07, 6.45) is 0. The van der Waals surface area contributed by atoms with Crippen LogP contribution in [0.4, 0.5) is 15.8 Å². The Kier molecular flexibility index (Phi) is 6.83. The normalized spacial score (nSPS) is 10.8. The number of carbonyl (C=O) groups is 1. The fourth-order valence-electron chi connectivity index (χ4n) is 2.53. The summed E-state index contributed by atoms with van der Waals surface area (Å²) in [6.45, 7) is 0. The number of rotatable bonds is 6. The minimum absolute atomic E-state index is 0.0151. The highest BCUT2D eigenvalue weighted by Gasteiger charge is 2.14. The number of nitrogens with one attached hydrogen (secondary N) is 3. The van der Waals surface area contributed by atoms with E-state index in [1.807, 2.05) is 0 Å². The molecule has 10 heteroatoms. The molecule has 3 rings (SSSR count). The summed E-state index contributed by atoms with van der Waals surface area (Å²) in [5, 5.41) is 5.28. The molecular weight excluding hydrogens is 441 g/mol. The summed E-state index contributed by atoms with van der Waals surface area (Å²) >= 11 is 5.09. The lowest BCUT2D eigenvalue weighted by molar-refractivity contribution is 0.0977. The van der Waals surface area contributed by atoms with Gasteiger partial charge in [0.2, 0.25) is 0 Å². The first-order valence-electron chi connectivity index (χ1n) is 8.92. The molecule has 0 saturated heterocycles. The van der Waals surface area contributed by atoms with Crippen LogP contribution in [0, 0.1) is 5.82 Å². The monoisotopic (exact) mass is 459 g/mol. The van der Waals surface area contributed by atoms with Crippen molar-refractivity contribution in [3.8, 4) is 5.75 Å². The van der Waals surface area contributed by atoms with Gasteiger partial charge in [0, 0.05) is 16.9 Å². The van der Waals surface area contributed by atoms with Gasteiger partial charge in [0.15, 0.2) is 5.11 Å². The van der Waals surface area contributed by atoms with Gasteiger partial charge < -0.3 is 10.1 Å². The summed E-state index contributed by atoms with van der Waals surface area (Å²) in [5.74, 6) is -0.338. The molecule has 3 N–H and O–H groups in total. The highest BCUT2D eigenvalue weighted by molar-refractivity contribution is 7.92. The largest absolute Gasteiger partial charge is 0.497 e. The van der Waals surface area contributed by atoms with Crippen LogP contribution in [-0.2, 0) is 10.0 Å². The minimum atomic E-state index is -3.79. The van der Waals surface area contributed by atoms with Crippen LogP contribution in [0.15, 0.2) is 77.7 Å². The van der Waals surface area contributed by atoms with E-state index in [9.17, 15) is 17.6 Å². The Labute approximate surface area is 184 Å². The van der Waals surface area contributed by atoms with Crippen LogP contribution < -0.4 is 20.1 Å². The van der Waals surface area contributed by atoms with Crippen molar-refractivity contribution in [3.05, 3.63) is 84.2 Å². The van der Waals surface area contributed by atoms with Crippen LogP contribution in [-0.4, -0.2) is 26.5 Å². The summed E-state index contributed by atoms with van der Waals surface area (Å²) in [7, 11) is -2.27. The Morgan fingerprint density at radius 2 is 1.48 bits per heavy atom. The molecule has 0 aliphatic rings. The number of hydrogen-bond donors (Lipinski definition) is 3. The zero-order valence-corrected chi connectivity index (χ0v) is 17.9. The van der Waals surface area contributed by atoms with Crippen LogP contribution in [0.3, 0.4) is 0 Å². The Bertz CT molecular complexity index is 1180. The summed E-state index contributed by atoms with van der Waals surface area (Å²) in [5.41, 5.74) is 1.12. The van der Waals surface area contributed by atoms with Crippen molar-refractivity contribution >= 4 is 44.6 Å². The van der Waals surface area contributed by atoms with Crippen molar-refractivity contribution in [1.82, 2.24) is 5.32 Å². The minimum Gasteiger partial charge on any atom is -0.497 e. The number of carbonyl (C=O) groups excluding carboxylic acids is 1. The van der Waals surface area contributed by atoms with Gasteiger partial charge in [0.1, 0.15) is 11.6 Å². The van der Waals surface area contributed by atoms with E-state index >= 15 is 0 Å². The fourth-order valence-corrected chi connectivity index (χ4v) is 3.80. The summed E-state index contributed by atoms with van der Waals surface area (Å²) in [4.78, 5) is 12.2. The molecule has 0 aliphatic carbocycles. The van der Waals surface area contributed by atoms with Gasteiger partial charge in [-0.1, -0.05) is 0 Å². The molecule has 0 heterocycles. The number of sulfonamides is 1. The Hall–Kier alpha value is -3.50. The standard InChI is InChI=1S/C21H18FN3O4S2/c1-29-18-10-6-17(7-11-18)25-31(27,28)19-12-8-16(9-13-19)23-21(30)24-20(26)14-2-4-15(22)5-3-14/h2-13,25H,1H3,(H2,23,24,26,30). The molecule has 0 spiro atoms. The SMILES string of the molecule is COc1ccc(NS(=O)(=O)c2ccc(NC(=S)NC(=O)c3ccc(F)cc3)cc2)cc1. The predicted molar refractivity (Wildman–Crippen MR) is 120 cm³/mol. The molecule has 7 nitrogen and oxygen atoms in total. The third-order valence-electron chi connectivity index (χ3n) is 4.10. The third-order valence-corrected chi connectivity index (χ3v) is 5.70. The predicted octanol–water partition coefficient (Wildman–Crippen LogP) is 3.76. The van der Waals surface area contributed by atoms with Gasteiger partial charge in [-0.05, 0) is 85.0 Å². The first-order valence-corrected chi connectivity index (χ1v) is 10.8. The number of hydrogen-bond acceptors (Lipinski definition) is 5. The van der Waals surface area contributed by atoms with E-state index in [-0.39, 0.29) is 15.6 Å². The lowest BCUT2D eigenvalue weighted by Crippen LogP contribution is -2.34. The molecule has 0 aromatic heterocycles. The van der Waals surface area contributed by atoms with Gasteiger partial charge in [0.25, 0.3) is 15.9 Å². The number of anilines is 2. The van der Waals surface area contributed by atoms with Gasteiger partial charge in [-0.15, -0.1) is 0 Å². The average Bonchev–Trinajstić information content (AvgIpc) is 2.74. The second-order valence-corrected chi connectivity index (χ2v) is 8.36. The first kappa shape index (κ1) is 22.2. The molecule has 0 atom stereocenters. The number of benzene rings is 3. The van der Waals surface area contributed by atoms with E-state index in [0.717, 1.165) is 0 Å². The van der Waals surface area contributed by atoms with Gasteiger partial charge >= 0.3 is 0 Å². The molecule has 0 aliphatic heterocycles. The van der Waals surface area contributed by atoms with E-state index in [0.29, 0.717) is 17.1 Å². The maximum Gasteiger partial charge on any atom is 0.261 e. The zero-order valence-electron chi connectivity index (χ0n) is 16.3. The average molecular weight is 460 g/mol. The molecule has 0 bridgehead atoms. The second-order valence-electron chi connectivity index (χ2n) is 6.27. The van der Waals surface area contributed by atoms with Crippen molar-refractivity contribution < 1.29 is 22.3 Å². The lowest BCUT2D eigenvalue weighted by Gasteiger charge is -2.11. The maximum atomic E-state index is 12.9. The quantitative estimate of drug-likeness (QED) is 0.486. The topological polar surface area (TPSA) is 96.5 Å². The number of amides is 1. The van der Waals surface area contributed by atoms with Crippen LogP contribution >= 0.6 is 12.2 Å². The van der Waals surface area contributed by atoms with Crippen molar-refractivity contribution in [2.75, 3.05) is 17.1 Å². The van der Waals surface area contributed by atoms with Crippen LogP contribution in [0.1, 0.15) is 10.4 Å². The molecule has 160 valence electrons. The highest BCUT2D eigenvalue weighted by atomic mass is 32.2. The summed E-state index contributed by atoms with van der Waals surface area (Å²) < 4.78 is 45.6. The number of thiocarbonyl (C=S) groups is 1. The molecule has 3 aromatic rings. The number of halogens is 1. The fraction of sp³-hybridized carbons (Fsp3) is 0.0476. The molecule has 0 radical (unpaired) electrons. The Morgan fingerprint density at radius 1 is 0.903 bits per heavy atom. The van der Waals surface area contributed by atoms with Gasteiger partial charge in [-0.25, -0.2) is 12.8 Å². The van der Waals surface area contributed by atoms with Crippen LogP contribution in [0.25, 0.3) is 0 Å². The Morgan fingerprint density at radius 3 is 2.06 bits per heavy atom. The van der Waals surface area contributed by atoms with Crippen molar-refractivity contribution in [2.45, 2.75) is 4.90 Å². The second kappa shape index (κ2) is 9.54. The Balaban J connectivity index is 1.61. The van der Waals surface area contributed by atoms with E-state index in [1.54, 1.807) is 24.3 Å². The van der Waals surface area contributed by atoms with Crippen molar-refractivity contribution in [3.63, 3.8) is 0 Å². The van der Waals surface area contributed by atoms with Gasteiger partial charge in [-0.3, -0.25) is 14.8 Å². The van der Waals surface area contributed by atoms with E-state index in [2.05, 4.69) is 15.4 Å². The van der Waals surface area contributed by atoms with Crippen molar-refractivity contribution in [1.29, 1.82) is 0 Å². The number of methoxy groups -OCH3 is 1. The maximum absolute atomic E-state index is 12.9. The molecule has 0 unspecified atom stereocenters. The lowest BCUT2D eigenvalue weighted by atomic mass is 10.2. The van der Waals surface area contributed by atoms with Gasteiger partial charge in [-0.2, -0.15) is 0 Å². The third kappa shape index (κ3) is 6.00. The van der Waals surface area contributed by atoms with E-state index < -0.39 is 21.7 Å². The molecular formula is C21H18FN3O4S2. The first-order chi connectivity index (χ1) is 14.8. The van der Waals surface area contributed by atoms with Crippen molar-refractivity contribution in [2.24, 2.45) is 0 Å². The smallest absolute Gasteiger partial charge is 0.261 e. The van der Waals surface area contributed by atoms with Crippen LogP contribution in [0.5, 0.6) is 5.75 Å².